The van der Waals surface area contributed by atoms with Crippen molar-refractivity contribution >= 4 is 11.6 Å². The normalized spacial score (nSPS) is 10.3. The van der Waals surface area contributed by atoms with Crippen LogP contribution < -0.4 is 11.1 Å². The number of rotatable bonds is 4. The molecular weight excluding hydrogens is 262 g/mol. The first-order chi connectivity index (χ1) is 9.58. The molecule has 5 heteroatoms. The van der Waals surface area contributed by atoms with Crippen LogP contribution in [0.4, 0.5) is 14.5 Å². The lowest BCUT2D eigenvalue weighted by Crippen LogP contribution is -2.14. The van der Waals surface area contributed by atoms with E-state index in [2.05, 4.69) is 5.32 Å². The predicted molar refractivity (Wildman–Crippen MR) is 73.0 cm³/mol. The Bertz CT molecular complexity index is 612. The SMILES string of the molecule is NCc1ccc(NC(=O)Cc2ccc(F)c(F)c2)cc1. The van der Waals surface area contributed by atoms with Crippen molar-refractivity contribution in [3.63, 3.8) is 0 Å². The maximum Gasteiger partial charge on any atom is 0.228 e. The van der Waals surface area contributed by atoms with E-state index in [9.17, 15) is 13.6 Å². The highest BCUT2D eigenvalue weighted by atomic mass is 19.2. The van der Waals surface area contributed by atoms with E-state index < -0.39 is 11.6 Å². The van der Waals surface area contributed by atoms with Gasteiger partial charge in [-0.3, -0.25) is 4.79 Å². The van der Waals surface area contributed by atoms with Gasteiger partial charge < -0.3 is 11.1 Å². The van der Waals surface area contributed by atoms with Gasteiger partial charge >= 0.3 is 0 Å². The molecule has 0 fully saturated rings. The first-order valence-electron chi connectivity index (χ1n) is 6.11. The quantitative estimate of drug-likeness (QED) is 0.902. The fraction of sp³-hybridized carbons (Fsp3) is 0.133. The zero-order valence-corrected chi connectivity index (χ0v) is 10.7. The van der Waals surface area contributed by atoms with Crippen LogP contribution in [0.15, 0.2) is 42.5 Å². The highest BCUT2D eigenvalue weighted by Gasteiger charge is 2.07. The Kier molecular flexibility index (Phi) is 4.42. The molecule has 2 aromatic rings. The smallest absolute Gasteiger partial charge is 0.228 e. The highest BCUT2D eigenvalue weighted by Crippen LogP contribution is 2.12. The summed E-state index contributed by atoms with van der Waals surface area (Å²) in [7, 11) is 0. The Morgan fingerprint density at radius 3 is 2.25 bits per heavy atom. The van der Waals surface area contributed by atoms with E-state index in [4.69, 9.17) is 5.73 Å². The van der Waals surface area contributed by atoms with Crippen molar-refractivity contribution in [2.24, 2.45) is 5.73 Å². The van der Waals surface area contributed by atoms with Crippen molar-refractivity contribution in [3.8, 4) is 0 Å². The summed E-state index contributed by atoms with van der Waals surface area (Å²) in [6.45, 7) is 0.434. The second-order valence-electron chi connectivity index (χ2n) is 4.37. The van der Waals surface area contributed by atoms with Gasteiger partial charge in [0.05, 0.1) is 6.42 Å². The second kappa shape index (κ2) is 6.25. The Morgan fingerprint density at radius 2 is 1.65 bits per heavy atom. The number of carbonyl (C=O) groups is 1. The lowest BCUT2D eigenvalue weighted by Gasteiger charge is -2.06. The third-order valence-corrected chi connectivity index (χ3v) is 2.82. The van der Waals surface area contributed by atoms with Gasteiger partial charge in [0.25, 0.3) is 0 Å². The molecule has 3 N–H and O–H groups in total. The molecule has 0 aromatic heterocycles. The number of benzene rings is 2. The van der Waals surface area contributed by atoms with Gasteiger partial charge in [-0.2, -0.15) is 0 Å². The fourth-order valence-electron chi connectivity index (χ4n) is 1.76. The summed E-state index contributed by atoms with van der Waals surface area (Å²) >= 11 is 0. The summed E-state index contributed by atoms with van der Waals surface area (Å²) in [6, 6.07) is 10.5. The van der Waals surface area contributed by atoms with Gasteiger partial charge in [-0.1, -0.05) is 18.2 Å². The molecule has 0 radical (unpaired) electrons. The van der Waals surface area contributed by atoms with E-state index in [1.165, 1.54) is 6.07 Å². The van der Waals surface area contributed by atoms with Gasteiger partial charge in [-0.15, -0.1) is 0 Å². The molecule has 2 rings (SSSR count). The third kappa shape index (κ3) is 3.61. The Labute approximate surface area is 115 Å². The minimum absolute atomic E-state index is 0.0180. The summed E-state index contributed by atoms with van der Waals surface area (Å²) < 4.78 is 25.8. The van der Waals surface area contributed by atoms with Crippen molar-refractivity contribution in [2.75, 3.05) is 5.32 Å². The Hall–Kier alpha value is -2.27. The molecule has 0 heterocycles. The van der Waals surface area contributed by atoms with E-state index in [0.29, 0.717) is 17.8 Å². The number of anilines is 1. The summed E-state index contributed by atoms with van der Waals surface area (Å²) in [5.41, 5.74) is 7.49. The number of nitrogens with one attached hydrogen (secondary N) is 1. The summed E-state index contributed by atoms with van der Waals surface area (Å²) in [5, 5.41) is 2.68. The summed E-state index contributed by atoms with van der Waals surface area (Å²) in [4.78, 5) is 11.8. The van der Waals surface area contributed by atoms with Gasteiger partial charge in [0.2, 0.25) is 5.91 Å². The number of halogens is 2. The first kappa shape index (κ1) is 14.1. The van der Waals surface area contributed by atoms with Crippen LogP contribution in [0.3, 0.4) is 0 Å². The molecule has 3 nitrogen and oxygen atoms in total. The number of amides is 1. The molecular formula is C15H14F2N2O. The van der Waals surface area contributed by atoms with Crippen LogP contribution >= 0.6 is 0 Å². The zero-order valence-electron chi connectivity index (χ0n) is 10.7. The largest absolute Gasteiger partial charge is 0.326 e. The molecule has 0 atom stereocenters. The number of carbonyl (C=O) groups excluding carboxylic acids is 1. The van der Waals surface area contributed by atoms with Gasteiger partial charge in [-0.05, 0) is 35.4 Å². The highest BCUT2D eigenvalue weighted by molar-refractivity contribution is 5.92. The number of nitrogens with two attached hydrogens (primary N) is 1. The van der Waals surface area contributed by atoms with Crippen LogP contribution in [0.25, 0.3) is 0 Å². The van der Waals surface area contributed by atoms with E-state index in [1.807, 2.05) is 12.1 Å². The van der Waals surface area contributed by atoms with Crippen molar-refractivity contribution in [1.82, 2.24) is 0 Å². The molecule has 0 saturated heterocycles. The lowest BCUT2D eigenvalue weighted by atomic mass is 10.1. The molecule has 0 bridgehead atoms. The van der Waals surface area contributed by atoms with Crippen LogP contribution in [0.5, 0.6) is 0 Å². The van der Waals surface area contributed by atoms with E-state index >= 15 is 0 Å². The molecule has 0 unspecified atom stereocenters. The molecule has 20 heavy (non-hydrogen) atoms. The molecule has 0 saturated carbocycles. The van der Waals surface area contributed by atoms with Crippen LogP contribution in [0, 0.1) is 11.6 Å². The Morgan fingerprint density at radius 1 is 1.00 bits per heavy atom. The maximum atomic E-state index is 13.0. The monoisotopic (exact) mass is 276 g/mol. The van der Waals surface area contributed by atoms with E-state index in [1.54, 1.807) is 12.1 Å². The zero-order chi connectivity index (χ0) is 14.5. The molecule has 2 aromatic carbocycles. The fourth-order valence-corrected chi connectivity index (χ4v) is 1.76. The number of hydrogen-bond acceptors (Lipinski definition) is 2. The third-order valence-electron chi connectivity index (χ3n) is 2.82. The van der Waals surface area contributed by atoms with Crippen LogP contribution in [-0.2, 0) is 17.8 Å². The molecule has 1 amide bonds. The first-order valence-corrected chi connectivity index (χ1v) is 6.11. The van der Waals surface area contributed by atoms with Gasteiger partial charge in [0.15, 0.2) is 11.6 Å². The maximum absolute atomic E-state index is 13.0. The number of hydrogen-bond donors (Lipinski definition) is 2. The molecule has 0 aliphatic carbocycles. The van der Waals surface area contributed by atoms with Crippen molar-refractivity contribution in [2.45, 2.75) is 13.0 Å². The van der Waals surface area contributed by atoms with Gasteiger partial charge in [-0.25, -0.2) is 8.78 Å². The minimum Gasteiger partial charge on any atom is -0.326 e. The van der Waals surface area contributed by atoms with Crippen molar-refractivity contribution in [3.05, 3.63) is 65.2 Å². The summed E-state index contributed by atoms with van der Waals surface area (Å²) in [5.74, 6) is -2.18. The van der Waals surface area contributed by atoms with Crippen LogP contribution in [0.1, 0.15) is 11.1 Å². The average molecular weight is 276 g/mol. The van der Waals surface area contributed by atoms with Gasteiger partial charge in [0.1, 0.15) is 0 Å². The second-order valence-corrected chi connectivity index (χ2v) is 4.37. The van der Waals surface area contributed by atoms with Gasteiger partial charge in [0, 0.05) is 12.2 Å². The van der Waals surface area contributed by atoms with Crippen molar-refractivity contribution < 1.29 is 13.6 Å². The van der Waals surface area contributed by atoms with Crippen LogP contribution in [0.2, 0.25) is 0 Å². The molecule has 0 aliphatic heterocycles. The molecule has 0 spiro atoms. The Balaban J connectivity index is 1.99. The topological polar surface area (TPSA) is 55.1 Å². The lowest BCUT2D eigenvalue weighted by molar-refractivity contribution is -0.115. The van der Waals surface area contributed by atoms with E-state index in [-0.39, 0.29) is 12.3 Å². The standard InChI is InChI=1S/C15H14F2N2O/c16-13-6-3-11(7-14(13)17)8-15(20)19-12-4-1-10(9-18)2-5-12/h1-7H,8-9,18H2,(H,19,20). The average Bonchev–Trinajstić information content (AvgIpc) is 2.44. The van der Waals surface area contributed by atoms with Crippen molar-refractivity contribution in [1.29, 1.82) is 0 Å². The molecule has 0 aliphatic rings. The van der Waals surface area contributed by atoms with E-state index in [0.717, 1.165) is 17.7 Å². The molecule has 104 valence electrons. The summed E-state index contributed by atoms with van der Waals surface area (Å²) in [6.07, 6.45) is -0.0180. The minimum atomic E-state index is -0.956. The predicted octanol–water partition coefficient (Wildman–Crippen LogP) is 2.60. The van der Waals surface area contributed by atoms with Crippen LogP contribution in [-0.4, -0.2) is 5.91 Å².